The highest BCUT2D eigenvalue weighted by Crippen LogP contribution is 2.58. The molecule has 2 heterocycles. The van der Waals surface area contributed by atoms with Crippen LogP contribution in [0.1, 0.15) is 88.8 Å². The van der Waals surface area contributed by atoms with E-state index in [0.717, 1.165) is 63.1 Å². The van der Waals surface area contributed by atoms with Crippen LogP contribution in [-0.2, 0) is 16.8 Å². The summed E-state index contributed by atoms with van der Waals surface area (Å²) in [5, 5.41) is 4.26. The Balaban J connectivity index is 1.15. The Hall–Kier alpha value is -3.30. The summed E-state index contributed by atoms with van der Waals surface area (Å²) < 4.78 is 40.3. The summed E-state index contributed by atoms with van der Waals surface area (Å²) in [7, 11) is 0. The average Bonchev–Trinajstić information content (AvgIpc) is 3.55. The molecule has 5 fully saturated rings. The summed E-state index contributed by atoms with van der Waals surface area (Å²) >= 11 is 0. The molecule has 8 nitrogen and oxygen atoms in total. The van der Waals surface area contributed by atoms with E-state index >= 15 is 0 Å². The van der Waals surface area contributed by atoms with Crippen LogP contribution < -0.4 is 10.7 Å². The number of aromatic nitrogens is 3. The quantitative estimate of drug-likeness (QED) is 0.337. The van der Waals surface area contributed by atoms with Crippen molar-refractivity contribution in [2.75, 3.05) is 11.4 Å². The molecule has 3 aromatic rings. The molecule has 0 unspecified atom stereocenters. The maximum absolute atomic E-state index is 13.8. The first-order valence-electron chi connectivity index (χ1n) is 14.5. The standard InChI is InChI=1S/C30H34F2N4O4/c1-2-35-17-23(39-27(35)38)20-4-3-5-22(14-20)36(25(37)21-15-30(31,32)16-21)18-28-8-11-29(12-9-28,13-10-28)26-33-24(34-40-26)19-6-7-19/h3-5,14,17,19,21H,2,6-13,15-16,18H2,1H3. The molecular weight excluding hydrogens is 518 g/mol. The second-order valence-electron chi connectivity index (χ2n) is 12.6. The number of halogens is 2. The highest BCUT2D eigenvalue weighted by atomic mass is 19.3. The number of nitrogens with zero attached hydrogens (tertiary/aromatic N) is 4. The summed E-state index contributed by atoms with van der Waals surface area (Å²) in [5.74, 6) is -1.70. The first-order valence-corrected chi connectivity index (χ1v) is 14.5. The van der Waals surface area contributed by atoms with E-state index < -0.39 is 30.4 Å². The molecule has 10 heteroatoms. The van der Waals surface area contributed by atoms with Gasteiger partial charge in [0.25, 0.3) is 0 Å². The van der Waals surface area contributed by atoms with Gasteiger partial charge in [-0.25, -0.2) is 13.6 Å². The first-order chi connectivity index (χ1) is 19.2. The number of aryl methyl sites for hydroxylation is 1. The van der Waals surface area contributed by atoms with Gasteiger partial charge >= 0.3 is 5.76 Å². The molecule has 5 aliphatic rings. The van der Waals surface area contributed by atoms with Gasteiger partial charge in [0.05, 0.1) is 6.20 Å². The van der Waals surface area contributed by atoms with E-state index in [1.54, 1.807) is 11.1 Å². The molecule has 1 aromatic carbocycles. The molecule has 5 aliphatic carbocycles. The predicted molar refractivity (Wildman–Crippen MR) is 142 cm³/mol. The van der Waals surface area contributed by atoms with Crippen molar-refractivity contribution in [3.05, 3.63) is 52.7 Å². The summed E-state index contributed by atoms with van der Waals surface area (Å²) in [6, 6.07) is 7.33. The lowest BCUT2D eigenvalue weighted by Gasteiger charge is -2.53. The first kappa shape index (κ1) is 25.7. The Morgan fingerprint density at radius 1 is 1.12 bits per heavy atom. The molecule has 2 bridgehead atoms. The molecule has 0 atom stereocenters. The highest BCUT2D eigenvalue weighted by Gasteiger charge is 2.55. The van der Waals surface area contributed by atoms with Gasteiger partial charge in [-0.15, -0.1) is 0 Å². The van der Waals surface area contributed by atoms with E-state index in [1.807, 2.05) is 31.2 Å². The van der Waals surface area contributed by atoms with E-state index in [9.17, 15) is 18.4 Å². The number of benzene rings is 1. The third kappa shape index (κ3) is 4.39. The van der Waals surface area contributed by atoms with Crippen molar-refractivity contribution in [3.63, 3.8) is 0 Å². The van der Waals surface area contributed by atoms with E-state index in [-0.39, 0.29) is 16.7 Å². The van der Waals surface area contributed by atoms with E-state index in [1.165, 1.54) is 4.57 Å². The van der Waals surface area contributed by atoms with Crippen LogP contribution in [0.2, 0.25) is 0 Å². The van der Waals surface area contributed by atoms with Crippen LogP contribution in [0, 0.1) is 11.3 Å². The number of anilines is 1. The number of alkyl halides is 2. The minimum Gasteiger partial charge on any atom is -0.408 e. The zero-order valence-corrected chi connectivity index (χ0v) is 22.7. The Labute approximate surface area is 230 Å². The summed E-state index contributed by atoms with van der Waals surface area (Å²) in [6.45, 7) is 2.82. The second kappa shape index (κ2) is 9.11. The van der Waals surface area contributed by atoms with Crippen molar-refractivity contribution in [2.24, 2.45) is 11.3 Å². The normalized spacial score (nSPS) is 27.5. The molecule has 0 saturated heterocycles. The lowest BCUT2D eigenvalue weighted by molar-refractivity contribution is -0.148. The lowest BCUT2D eigenvalue weighted by atomic mass is 9.53. The average molecular weight is 553 g/mol. The summed E-state index contributed by atoms with van der Waals surface area (Å²) in [5.41, 5.74) is 1.12. The molecule has 5 saturated carbocycles. The van der Waals surface area contributed by atoms with Crippen LogP contribution in [0.15, 0.2) is 44.2 Å². The molecular formula is C30H34F2N4O4. The monoisotopic (exact) mass is 552 g/mol. The lowest BCUT2D eigenvalue weighted by Crippen LogP contribution is -2.53. The minimum atomic E-state index is -2.78. The number of fused-ring (bicyclic) bond motifs is 3. The van der Waals surface area contributed by atoms with Crippen molar-refractivity contribution < 1.29 is 22.5 Å². The van der Waals surface area contributed by atoms with Gasteiger partial charge in [-0.2, -0.15) is 4.98 Å². The molecule has 0 spiro atoms. The van der Waals surface area contributed by atoms with Crippen LogP contribution in [0.4, 0.5) is 14.5 Å². The van der Waals surface area contributed by atoms with E-state index in [0.29, 0.717) is 36.0 Å². The Bertz CT molecular complexity index is 1470. The van der Waals surface area contributed by atoms with Crippen molar-refractivity contribution in [1.29, 1.82) is 0 Å². The van der Waals surface area contributed by atoms with Crippen LogP contribution in [0.25, 0.3) is 11.3 Å². The molecule has 40 heavy (non-hydrogen) atoms. The molecule has 0 aliphatic heterocycles. The summed E-state index contributed by atoms with van der Waals surface area (Å²) in [4.78, 5) is 32.4. The third-order valence-corrected chi connectivity index (χ3v) is 9.93. The number of hydrogen-bond donors (Lipinski definition) is 0. The number of oxazole rings is 1. The maximum Gasteiger partial charge on any atom is 0.419 e. The number of amides is 1. The van der Waals surface area contributed by atoms with Gasteiger partial charge in [0.2, 0.25) is 17.7 Å². The zero-order chi connectivity index (χ0) is 27.7. The number of rotatable bonds is 8. The number of carbonyl (C=O) groups excluding carboxylic acids is 1. The van der Waals surface area contributed by atoms with Crippen LogP contribution in [0.3, 0.4) is 0 Å². The smallest absolute Gasteiger partial charge is 0.408 e. The SMILES string of the molecule is CCn1cc(-c2cccc(N(CC34CCC(c5nc(C6CC6)no5)(CC3)CC4)C(=O)C3CC(F)(F)C3)c2)oc1=O. The Morgan fingerprint density at radius 3 is 2.48 bits per heavy atom. The van der Waals surface area contributed by atoms with Gasteiger partial charge in [-0.05, 0) is 75.8 Å². The van der Waals surface area contributed by atoms with Crippen LogP contribution in [-0.4, -0.2) is 33.1 Å². The topological polar surface area (TPSA) is 94.4 Å². The van der Waals surface area contributed by atoms with E-state index in [2.05, 4.69) is 5.16 Å². The van der Waals surface area contributed by atoms with Crippen molar-refractivity contribution in [2.45, 2.75) is 94.9 Å². The van der Waals surface area contributed by atoms with Crippen molar-refractivity contribution in [3.8, 4) is 11.3 Å². The van der Waals surface area contributed by atoms with E-state index in [4.69, 9.17) is 13.9 Å². The molecule has 212 valence electrons. The molecule has 0 N–H and O–H groups in total. The predicted octanol–water partition coefficient (Wildman–Crippen LogP) is 6.06. The van der Waals surface area contributed by atoms with Crippen molar-refractivity contribution >= 4 is 11.6 Å². The maximum atomic E-state index is 13.8. The minimum absolute atomic E-state index is 0.100. The Kier molecular flexibility index (Phi) is 5.84. The van der Waals surface area contributed by atoms with Gasteiger partial charge in [-0.3, -0.25) is 9.36 Å². The van der Waals surface area contributed by atoms with Crippen molar-refractivity contribution in [1.82, 2.24) is 14.7 Å². The van der Waals surface area contributed by atoms with Gasteiger partial charge in [0.1, 0.15) is 0 Å². The van der Waals surface area contributed by atoms with Gasteiger partial charge in [0.15, 0.2) is 11.6 Å². The van der Waals surface area contributed by atoms with Crippen LogP contribution >= 0.6 is 0 Å². The zero-order valence-electron chi connectivity index (χ0n) is 22.7. The number of hydrogen-bond acceptors (Lipinski definition) is 6. The second-order valence-corrected chi connectivity index (χ2v) is 12.6. The van der Waals surface area contributed by atoms with Gasteiger partial charge in [-0.1, -0.05) is 17.3 Å². The third-order valence-electron chi connectivity index (χ3n) is 9.93. The molecule has 8 rings (SSSR count). The highest BCUT2D eigenvalue weighted by molar-refractivity contribution is 5.96. The largest absolute Gasteiger partial charge is 0.419 e. The molecule has 2 aromatic heterocycles. The molecule has 0 radical (unpaired) electrons. The van der Waals surface area contributed by atoms with Crippen LogP contribution in [0.5, 0.6) is 0 Å². The Morgan fingerprint density at radius 2 is 1.85 bits per heavy atom. The fraction of sp³-hybridized carbons (Fsp3) is 0.600. The molecule has 1 amide bonds. The fourth-order valence-electron chi connectivity index (χ4n) is 7.02. The fourth-order valence-corrected chi connectivity index (χ4v) is 7.02. The van der Waals surface area contributed by atoms with Gasteiger partial charge < -0.3 is 13.8 Å². The summed E-state index contributed by atoms with van der Waals surface area (Å²) in [6.07, 6.45) is 8.57. The number of carbonyl (C=O) groups is 1. The van der Waals surface area contributed by atoms with Gasteiger partial charge in [0, 0.05) is 54.4 Å².